The molecule has 0 radical (unpaired) electrons. The van der Waals surface area contributed by atoms with Crippen LogP contribution in [0.5, 0.6) is 0 Å². The molecule has 0 saturated carbocycles. The first kappa shape index (κ1) is 19.1. The monoisotopic (exact) mass is 420 g/mol. The highest BCUT2D eigenvalue weighted by Crippen LogP contribution is 2.26. The maximum Gasteiger partial charge on any atom is 0.240 e. The number of nitrogens with zero attached hydrogens (tertiary/aromatic N) is 1. The van der Waals surface area contributed by atoms with E-state index in [1.807, 2.05) is 23.6 Å². The molecule has 11 heteroatoms. The van der Waals surface area contributed by atoms with Crippen molar-refractivity contribution in [3.63, 3.8) is 0 Å². The van der Waals surface area contributed by atoms with E-state index in [-0.39, 0.29) is 17.0 Å². The summed E-state index contributed by atoms with van der Waals surface area (Å²) in [7, 11) is -3.85. The van der Waals surface area contributed by atoms with Gasteiger partial charge in [-0.25, -0.2) is 28.4 Å². The number of halogens is 1. The lowest BCUT2D eigenvalue weighted by molar-refractivity contribution is 0.507. The van der Waals surface area contributed by atoms with Crippen LogP contribution in [0.3, 0.4) is 0 Å². The second kappa shape index (κ2) is 8.01. The summed E-state index contributed by atoms with van der Waals surface area (Å²) in [5, 5.41) is 1.94. The van der Waals surface area contributed by atoms with Crippen molar-refractivity contribution >= 4 is 21.4 Å². The molecule has 8 nitrogen and oxygen atoms in total. The molecule has 146 valence electrons. The van der Waals surface area contributed by atoms with Crippen LogP contribution in [0.15, 0.2) is 58.9 Å². The van der Waals surface area contributed by atoms with Crippen molar-refractivity contribution < 1.29 is 12.8 Å². The molecule has 1 fully saturated rings. The van der Waals surface area contributed by atoms with Gasteiger partial charge < -0.3 is 0 Å². The molecule has 3 aromatic rings. The van der Waals surface area contributed by atoms with Crippen molar-refractivity contribution in [2.75, 3.05) is 0 Å². The number of hydrogen-bond acceptors (Lipinski definition) is 8. The van der Waals surface area contributed by atoms with Crippen LogP contribution in [0.4, 0.5) is 4.39 Å². The third kappa shape index (κ3) is 3.95. The largest absolute Gasteiger partial charge is 0.255 e. The second-order valence-corrected chi connectivity index (χ2v) is 8.68. The Labute approximate surface area is 165 Å². The third-order valence-electron chi connectivity index (χ3n) is 4.18. The van der Waals surface area contributed by atoms with E-state index in [9.17, 15) is 12.8 Å². The minimum atomic E-state index is -3.85. The Balaban J connectivity index is 1.57. The molecule has 28 heavy (non-hydrogen) atoms. The van der Waals surface area contributed by atoms with Gasteiger partial charge in [0.05, 0.1) is 15.5 Å². The predicted molar refractivity (Wildman–Crippen MR) is 103 cm³/mol. The first-order valence-electron chi connectivity index (χ1n) is 8.32. The number of sulfonamides is 1. The van der Waals surface area contributed by atoms with Gasteiger partial charge in [0.1, 0.15) is 12.0 Å². The summed E-state index contributed by atoms with van der Waals surface area (Å²) in [4.78, 5) is 5.30. The van der Waals surface area contributed by atoms with E-state index in [1.54, 1.807) is 12.3 Å². The summed E-state index contributed by atoms with van der Waals surface area (Å²) >= 11 is 1.53. The highest BCUT2D eigenvalue weighted by Gasteiger charge is 2.23. The van der Waals surface area contributed by atoms with Crippen LogP contribution < -0.4 is 26.6 Å². The zero-order valence-electron chi connectivity index (χ0n) is 14.4. The molecule has 1 aliphatic rings. The molecular weight excluding hydrogens is 403 g/mol. The van der Waals surface area contributed by atoms with E-state index in [4.69, 9.17) is 0 Å². The lowest BCUT2D eigenvalue weighted by atomic mass is 10.1. The van der Waals surface area contributed by atoms with Crippen LogP contribution in [0.2, 0.25) is 0 Å². The Hall–Kier alpha value is -2.25. The number of aromatic nitrogens is 1. The van der Waals surface area contributed by atoms with Crippen LogP contribution in [0, 0.1) is 5.82 Å². The van der Waals surface area contributed by atoms with Gasteiger partial charge in [-0.3, -0.25) is 4.98 Å². The summed E-state index contributed by atoms with van der Waals surface area (Å²) < 4.78 is 42.2. The quantitative estimate of drug-likeness (QED) is 0.412. The normalized spacial score (nSPS) is 15.2. The van der Waals surface area contributed by atoms with Gasteiger partial charge in [-0.15, -0.1) is 11.3 Å². The molecule has 0 amide bonds. The fraction of sp³-hybridized carbons (Fsp3) is 0.118. The first-order valence-corrected chi connectivity index (χ1v) is 10.7. The van der Waals surface area contributed by atoms with Gasteiger partial charge in [0.2, 0.25) is 10.0 Å². The Morgan fingerprint density at radius 3 is 2.71 bits per heavy atom. The second-order valence-electron chi connectivity index (χ2n) is 5.97. The predicted octanol–water partition coefficient (Wildman–Crippen LogP) is 1.54. The molecule has 1 saturated heterocycles. The molecule has 0 spiro atoms. The zero-order valence-corrected chi connectivity index (χ0v) is 16.1. The van der Waals surface area contributed by atoms with E-state index in [1.165, 1.54) is 23.5 Å². The number of benzene rings is 1. The summed E-state index contributed by atoms with van der Waals surface area (Å²) in [6.07, 6.45) is 1.06. The van der Waals surface area contributed by atoms with Crippen LogP contribution in [-0.4, -0.2) is 13.4 Å². The van der Waals surface area contributed by atoms with Crippen molar-refractivity contribution in [3.8, 4) is 10.6 Å². The van der Waals surface area contributed by atoms with Gasteiger partial charge in [-0.05, 0) is 41.3 Å². The zero-order chi connectivity index (χ0) is 19.6. The minimum Gasteiger partial charge on any atom is -0.255 e. The lowest BCUT2D eigenvalue weighted by Gasteiger charge is -2.13. The van der Waals surface area contributed by atoms with Gasteiger partial charge in [0.15, 0.2) is 0 Å². The van der Waals surface area contributed by atoms with Crippen molar-refractivity contribution in [2.24, 2.45) is 0 Å². The molecule has 1 aliphatic heterocycles. The number of pyridine rings is 1. The third-order valence-corrected chi connectivity index (χ3v) is 6.46. The molecule has 0 atom stereocenters. The molecule has 1 aromatic carbocycles. The highest BCUT2D eigenvalue weighted by atomic mass is 32.2. The van der Waals surface area contributed by atoms with Gasteiger partial charge in [-0.1, -0.05) is 12.1 Å². The molecular formula is C17H17FN6O2S2. The number of thiophene rings is 1. The molecule has 4 rings (SSSR count). The van der Waals surface area contributed by atoms with E-state index in [0.29, 0.717) is 0 Å². The first-order chi connectivity index (χ1) is 13.5. The minimum absolute atomic E-state index is 0.0269. The van der Waals surface area contributed by atoms with Gasteiger partial charge >= 0.3 is 0 Å². The molecule has 3 heterocycles. The molecule has 5 N–H and O–H groups in total. The summed E-state index contributed by atoms with van der Waals surface area (Å²) in [6.45, 7) is 0.0686. The van der Waals surface area contributed by atoms with Crippen molar-refractivity contribution in [1.82, 2.24) is 31.6 Å². The highest BCUT2D eigenvalue weighted by molar-refractivity contribution is 7.89. The molecule has 2 aromatic heterocycles. The number of hydrogen-bond donors (Lipinski definition) is 5. The van der Waals surface area contributed by atoms with E-state index in [0.717, 1.165) is 22.2 Å². The fourth-order valence-electron chi connectivity index (χ4n) is 2.79. The SMILES string of the molecule is O=S(=O)(NCc1cccnc1-c1cccs1)c1ccc(F)c(C2NNNN2)c1. The van der Waals surface area contributed by atoms with E-state index >= 15 is 0 Å². The Morgan fingerprint density at radius 2 is 1.96 bits per heavy atom. The smallest absolute Gasteiger partial charge is 0.240 e. The average Bonchev–Trinajstić information content (AvgIpc) is 3.41. The van der Waals surface area contributed by atoms with Gasteiger partial charge in [0.25, 0.3) is 0 Å². The van der Waals surface area contributed by atoms with E-state index < -0.39 is 22.0 Å². The number of rotatable bonds is 6. The van der Waals surface area contributed by atoms with Crippen LogP contribution in [0.1, 0.15) is 17.3 Å². The molecule has 0 bridgehead atoms. The van der Waals surface area contributed by atoms with Gasteiger partial charge in [-0.2, -0.15) is 11.1 Å². The topological polar surface area (TPSA) is 107 Å². The van der Waals surface area contributed by atoms with Crippen LogP contribution in [0.25, 0.3) is 10.6 Å². The van der Waals surface area contributed by atoms with Crippen molar-refractivity contribution in [2.45, 2.75) is 17.6 Å². The number of nitrogens with one attached hydrogen (secondary N) is 5. The maximum absolute atomic E-state index is 14.1. The van der Waals surface area contributed by atoms with Crippen molar-refractivity contribution in [3.05, 3.63) is 71.0 Å². The summed E-state index contributed by atoms with van der Waals surface area (Å²) in [6, 6.07) is 11.1. The molecule has 0 aliphatic carbocycles. The number of hydrazine groups is 3. The van der Waals surface area contributed by atoms with Crippen molar-refractivity contribution in [1.29, 1.82) is 0 Å². The van der Waals surface area contributed by atoms with Crippen LogP contribution in [-0.2, 0) is 16.6 Å². The van der Waals surface area contributed by atoms with Crippen LogP contribution >= 0.6 is 11.3 Å². The Bertz CT molecular complexity index is 1070. The van der Waals surface area contributed by atoms with Gasteiger partial charge in [0, 0.05) is 18.3 Å². The summed E-state index contributed by atoms with van der Waals surface area (Å²) in [5.41, 5.74) is 12.3. The van der Waals surface area contributed by atoms with E-state index in [2.05, 4.69) is 31.6 Å². The standard InChI is InChI=1S/C17H17FN6O2S2/c18-14-6-5-12(9-13(14)17-21-23-24-22-17)28(25,26)20-10-11-3-1-7-19-16(11)15-4-2-8-27-15/h1-9,17,20-24H,10H2. The molecule has 0 unspecified atom stereocenters. The maximum atomic E-state index is 14.1. The average molecular weight is 420 g/mol. The Kier molecular flexibility index (Phi) is 5.46. The summed E-state index contributed by atoms with van der Waals surface area (Å²) in [5.74, 6) is -0.526. The Morgan fingerprint density at radius 1 is 1.14 bits per heavy atom. The fourth-order valence-corrected chi connectivity index (χ4v) is 4.59. The lowest BCUT2D eigenvalue weighted by Crippen LogP contribution is -2.33.